The number of anilines is 1. The minimum Gasteiger partial charge on any atom is -0.398 e. The van der Waals surface area contributed by atoms with Gasteiger partial charge in [0.1, 0.15) is 6.04 Å². The Bertz CT molecular complexity index is 854. The van der Waals surface area contributed by atoms with Gasteiger partial charge >= 0.3 is 0 Å². The van der Waals surface area contributed by atoms with Gasteiger partial charge in [-0.15, -0.1) is 11.8 Å². The second-order valence-electron chi connectivity index (χ2n) is 7.05. The number of nitrogen functional groups attached to an aromatic ring is 1. The number of nitriles is 1. The molecular formula is C22H26N4OS. The van der Waals surface area contributed by atoms with Crippen molar-refractivity contribution in [2.24, 2.45) is 0 Å². The zero-order valence-corrected chi connectivity index (χ0v) is 16.9. The number of carbonyl (C=O) groups excluding carboxylic acids is 1. The number of nitrogens with one attached hydrogen (secondary N) is 2. The number of piperidine rings is 1. The van der Waals surface area contributed by atoms with E-state index < -0.39 is 6.04 Å². The lowest BCUT2D eigenvalue weighted by atomic mass is 10.00. The highest BCUT2D eigenvalue weighted by Crippen LogP contribution is 2.29. The number of rotatable bonds is 6. The van der Waals surface area contributed by atoms with Crippen molar-refractivity contribution in [3.05, 3.63) is 48.0 Å². The molecule has 1 aliphatic rings. The van der Waals surface area contributed by atoms with E-state index in [1.165, 1.54) is 0 Å². The van der Waals surface area contributed by atoms with E-state index in [0.717, 1.165) is 53.1 Å². The van der Waals surface area contributed by atoms with Gasteiger partial charge in [0.05, 0.1) is 12.1 Å². The van der Waals surface area contributed by atoms with Crippen LogP contribution in [0.4, 0.5) is 5.69 Å². The highest BCUT2D eigenvalue weighted by molar-refractivity contribution is 7.98. The van der Waals surface area contributed by atoms with Gasteiger partial charge in [0.2, 0.25) is 5.91 Å². The summed E-state index contributed by atoms with van der Waals surface area (Å²) in [5.41, 5.74) is 10.0. The van der Waals surface area contributed by atoms with Crippen LogP contribution in [0.2, 0.25) is 0 Å². The van der Waals surface area contributed by atoms with Gasteiger partial charge in [0.25, 0.3) is 0 Å². The number of nitrogens with zero attached hydrogens (tertiary/aromatic N) is 1. The molecule has 0 saturated carbocycles. The first-order valence-electron chi connectivity index (χ1n) is 9.57. The van der Waals surface area contributed by atoms with Gasteiger partial charge in [-0.2, -0.15) is 5.26 Å². The Labute approximate surface area is 170 Å². The molecular weight excluding hydrogens is 368 g/mol. The van der Waals surface area contributed by atoms with E-state index in [2.05, 4.69) is 22.8 Å². The van der Waals surface area contributed by atoms with Crippen molar-refractivity contribution in [2.45, 2.75) is 42.7 Å². The lowest BCUT2D eigenvalue weighted by Gasteiger charge is -2.23. The summed E-state index contributed by atoms with van der Waals surface area (Å²) in [5, 5.41) is 15.5. The summed E-state index contributed by atoms with van der Waals surface area (Å²) in [6.07, 6.45) is 5.48. The van der Waals surface area contributed by atoms with E-state index in [9.17, 15) is 10.1 Å². The normalized spacial score (nSPS) is 17.5. The number of nitrogens with two attached hydrogens (primary N) is 1. The quantitative estimate of drug-likeness (QED) is 0.516. The van der Waals surface area contributed by atoms with E-state index in [1.54, 1.807) is 11.8 Å². The van der Waals surface area contributed by atoms with Crippen molar-refractivity contribution in [1.82, 2.24) is 10.6 Å². The molecule has 1 saturated heterocycles. The van der Waals surface area contributed by atoms with Crippen molar-refractivity contribution >= 4 is 23.4 Å². The minimum absolute atomic E-state index is 0.0766. The van der Waals surface area contributed by atoms with Crippen molar-refractivity contribution in [3.8, 4) is 17.2 Å². The zero-order valence-electron chi connectivity index (χ0n) is 16.1. The number of hydrogen-bond donors (Lipinski definition) is 3. The van der Waals surface area contributed by atoms with Crippen molar-refractivity contribution < 1.29 is 4.79 Å². The van der Waals surface area contributed by atoms with Crippen LogP contribution in [-0.2, 0) is 11.2 Å². The fourth-order valence-corrected chi connectivity index (χ4v) is 3.96. The topological polar surface area (TPSA) is 90.9 Å². The summed E-state index contributed by atoms with van der Waals surface area (Å²) in [7, 11) is 0. The molecule has 1 aliphatic heterocycles. The molecule has 2 aromatic rings. The molecule has 2 aromatic carbocycles. The first-order chi connectivity index (χ1) is 13.6. The molecule has 146 valence electrons. The summed E-state index contributed by atoms with van der Waals surface area (Å²) in [6.45, 7) is 0.860. The van der Waals surface area contributed by atoms with Crippen molar-refractivity contribution in [2.75, 3.05) is 18.5 Å². The van der Waals surface area contributed by atoms with Crippen LogP contribution in [0, 0.1) is 11.3 Å². The van der Waals surface area contributed by atoms with E-state index >= 15 is 0 Å². The van der Waals surface area contributed by atoms with Crippen LogP contribution in [0.15, 0.2) is 47.4 Å². The SMILES string of the molecule is CSc1ccc(-c2ccc(C[C@@H](C#N)NC(=O)[C@@H]3CCCCN3)cc2)cc1N. The molecule has 0 bridgehead atoms. The molecule has 28 heavy (non-hydrogen) atoms. The maximum absolute atomic E-state index is 12.3. The third-order valence-corrected chi connectivity index (χ3v) is 5.87. The van der Waals surface area contributed by atoms with Crippen molar-refractivity contribution in [3.63, 3.8) is 0 Å². The highest BCUT2D eigenvalue weighted by Gasteiger charge is 2.23. The minimum atomic E-state index is -0.529. The average molecular weight is 395 g/mol. The summed E-state index contributed by atoms with van der Waals surface area (Å²) in [5.74, 6) is -0.0766. The molecule has 0 aromatic heterocycles. The Morgan fingerprint density at radius 3 is 2.64 bits per heavy atom. The number of thioether (sulfide) groups is 1. The van der Waals surface area contributed by atoms with Crippen LogP contribution in [0.1, 0.15) is 24.8 Å². The summed E-state index contributed by atoms with van der Waals surface area (Å²) in [4.78, 5) is 13.4. The van der Waals surface area contributed by atoms with Crippen LogP contribution in [0.25, 0.3) is 11.1 Å². The van der Waals surface area contributed by atoms with Gasteiger partial charge in [0.15, 0.2) is 0 Å². The molecule has 6 heteroatoms. The molecule has 2 atom stereocenters. The zero-order chi connectivity index (χ0) is 19.9. The fourth-order valence-electron chi connectivity index (χ4n) is 3.46. The molecule has 4 N–H and O–H groups in total. The van der Waals surface area contributed by atoms with Crippen LogP contribution in [0.5, 0.6) is 0 Å². The van der Waals surface area contributed by atoms with E-state index in [1.807, 2.05) is 42.7 Å². The first-order valence-corrected chi connectivity index (χ1v) is 10.8. The number of hydrogen-bond acceptors (Lipinski definition) is 5. The van der Waals surface area contributed by atoms with Gasteiger partial charge in [-0.05, 0) is 54.5 Å². The van der Waals surface area contributed by atoms with Gasteiger partial charge in [-0.1, -0.05) is 36.8 Å². The first kappa shape index (κ1) is 20.2. The Morgan fingerprint density at radius 2 is 2.04 bits per heavy atom. The molecule has 0 spiro atoms. The molecule has 0 unspecified atom stereocenters. The fraction of sp³-hybridized carbons (Fsp3) is 0.364. The van der Waals surface area contributed by atoms with Gasteiger partial charge in [-0.25, -0.2) is 0 Å². The monoisotopic (exact) mass is 394 g/mol. The number of carbonyl (C=O) groups is 1. The van der Waals surface area contributed by atoms with Gasteiger partial charge in [0, 0.05) is 17.0 Å². The Morgan fingerprint density at radius 1 is 1.29 bits per heavy atom. The summed E-state index contributed by atoms with van der Waals surface area (Å²) >= 11 is 1.63. The second-order valence-corrected chi connectivity index (χ2v) is 7.90. The maximum atomic E-state index is 12.3. The van der Waals surface area contributed by atoms with Gasteiger partial charge in [-0.3, -0.25) is 4.79 Å². The van der Waals surface area contributed by atoms with Crippen LogP contribution in [-0.4, -0.2) is 30.8 Å². The predicted molar refractivity (Wildman–Crippen MR) is 115 cm³/mol. The molecule has 0 radical (unpaired) electrons. The van der Waals surface area contributed by atoms with Gasteiger partial charge < -0.3 is 16.4 Å². The number of benzene rings is 2. The Hall–Kier alpha value is -2.49. The number of amides is 1. The van der Waals surface area contributed by atoms with Crippen LogP contribution >= 0.6 is 11.8 Å². The van der Waals surface area contributed by atoms with Crippen LogP contribution in [0.3, 0.4) is 0 Å². The molecule has 5 nitrogen and oxygen atoms in total. The van der Waals surface area contributed by atoms with E-state index in [-0.39, 0.29) is 11.9 Å². The third kappa shape index (κ3) is 5.06. The summed E-state index contributed by atoms with van der Waals surface area (Å²) in [6, 6.07) is 15.6. The van der Waals surface area contributed by atoms with E-state index in [4.69, 9.17) is 5.73 Å². The van der Waals surface area contributed by atoms with Crippen LogP contribution < -0.4 is 16.4 Å². The predicted octanol–water partition coefficient (Wildman–Crippen LogP) is 3.35. The Kier molecular flexibility index (Phi) is 6.96. The molecule has 3 rings (SSSR count). The molecule has 0 aliphatic carbocycles. The maximum Gasteiger partial charge on any atom is 0.238 e. The average Bonchev–Trinajstić information content (AvgIpc) is 2.74. The lowest BCUT2D eigenvalue weighted by molar-refractivity contribution is -0.124. The third-order valence-electron chi connectivity index (χ3n) is 5.06. The Balaban J connectivity index is 1.63. The highest BCUT2D eigenvalue weighted by atomic mass is 32.2. The van der Waals surface area contributed by atoms with E-state index in [0.29, 0.717) is 6.42 Å². The second kappa shape index (κ2) is 9.63. The standard InChI is InChI=1S/C22H26N4OS/c1-28-21-10-9-17(13-19(21)24)16-7-5-15(6-8-16)12-18(14-23)26-22(27)20-4-2-3-11-25-20/h5-10,13,18,20,25H,2-4,11-12,24H2,1H3,(H,26,27)/t18-,20-/m0/s1. The molecule has 1 amide bonds. The largest absolute Gasteiger partial charge is 0.398 e. The molecule has 1 fully saturated rings. The molecule has 1 heterocycles. The lowest BCUT2D eigenvalue weighted by Crippen LogP contribution is -2.49. The van der Waals surface area contributed by atoms with Crippen molar-refractivity contribution in [1.29, 1.82) is 5.26 Å². The summed E-state index contributed by atoms with van der Waals surface area (Å²) < 4.78 is 0. The smallest absolute Gasteiger partial charge is 0.238 e.